The van der Waals surface area contributed by atoms with Gasteiger partial charge in [-0.2, -0.15) is 0 Å². The third-order valence-electron chi connectivity index (χ3n) is 2.69. The van der Waals surface area contributed by atoms with Crippen molar-refractivity contribution in [3.8, 4) is 17.2 Å². The van der Waals surface area contributed by atoms with Crippen molar-refractivity contribution in [2.75, 3.05) is 14.2 Å². The fourth-order valence-corrected chi connectivity index (χ4v) is 3.95. The molecule has 0 fully saturated rings. The quantitative estimate of drug-likeness (QED) is 0.670. The number of hydrogen-bond donors (Lipinski definition) is 1. The lowest BCUT2D eigenvalue weighted by molar-refractivity contribution is 0.414. The molecule has 2 aromatic rings. The minimum Gasteiger partial charge on any atom is -0.497 e. The number of thiol groups is 1. The molecule has 6 heteroatoms. The molecule has 0 radical (unpaired) electrons. The van der Waals surface area contributed by atoms with Crippen LogP contribution in [0.4, 0.5) is 0 Å². The number of hydrogen-bond acceptors (Lipinski definition) is 4. The molecule has 3 nitrogen and oxygen atoms in total. The van der Waals surface area contributed by atoms with E-state index in [1.54, 1.807) is 14.2 Å². The summed E-state index contributed by atoms with van der Waals surface area (Å²) in [5.41, 5.74) is -2.39. The average Bonchev–Trinajstić information content (AvgIpc) is 2.48. The van der Waals surface area contributed by atoms with E-state index in [4.69, 9.17) is 25.8 Å². The van der Waals surface area contributed by atoms with Gasteiger partial charge in [0.15, 0.2) is 5.47 Å². The van der Waals surface area contributed by atoms with E-state index >= 15 is 0 Å². The van der Waals surface area contributed by atoms with Crippen LogP contribution in [0.2, 0.25) is 0 Å². The number of methoxy groups -OCH3 is 2. The SMILES string of the molecule is COc1ccc(OP(=S)(S)c2ccc(OC)cc2)cc1. The minimum atomic E-state index is -2.39. The maximum absolute atomic E-state index is 5.85. The fourth-order valence-electron chi connectivity index (χ4n) is 1.60. The molecular formula is C14H15O3PS2. The highest BCUT2D eigenvalue weighted by Crippen LogP contribution is 2.51. The van der Waals surface area contributed by atoms with Crippen LogP contribution in [0.3, 0.4) is 0 Å². The third kappa shape index (κ3) is 3.69. The summed E-state index contributed by atoms with van der Waals surface area (Å²) in [6.45, 7) is 0. The maximum Gasteiger partial charge on any atom is 0.193 e. The summed E-state index contributed by atoms with van der Waals surface area (Å²) in [7, 11) is 3.25. The zero-order chi connectivity index (χ0) is 14.6. The van der Waals surface area contributed by atoms with Gasteiger partial charge in [-0.05, 0) is 60.3 Å². The second-order valence-electron chi connectivity index (χ2n) is 3.99. The molecule has 0 N–H and O–H groups in total. The summed E-state index contributed by atoms with van der Waals surface area (Å²) in [4.78, 5) is 0. The van der Waals surface area contributed by atoms with E-state index in [0.29, 0.717) is 5.75 Å². The standard InChI is InChI=1S/C14H15O3PS2/c1-15-11-3-5-13(6-4-11)17-18(19,20)14-9-7-12(16-2)8-10-14/h3-10H,1-2H3,(H,19,20). The smallest absolute Gasteiger partial charge is 0.193 e. The van der Waals surface area contributed by atoms with Crippen molar-refractivity contribution in [1.29, 1.82) is 0 Å². The van der Waals surface area contributed by atoms with Crippen molar-refractivity contribution in [1.82, 2.24) is 0 Å². The van der Waals surface area contributed by atoms with Gasteiger partial charge in [0, 0.05) is 5.30 Å². The molecule has 0 aromatic heterocycles. The Kier molecular flexibility index (Phi) is 4.97. The van der Waals surface area contributed by atoms with E-state index in [2.05, 4.69) is 12.2 Å². The highest BCUT2D eigenvalue weighted by Gasteiger charge is 2.17. The molecule has 0 bridgehead atoms. The van der Waals surface area contributed by atoms with Crippen LogP contribution in [0.5, 0.6) is 17.2 Å². The van der Waals surface area contributed by atoms with Gasteiger partial charge in [0.2, 0.25) is 0 Å². The maximum atomic E-state index is 5.85. The summed E-state index contributed by atoms with van der Waals surface area (Å²) in [6, 6.07) is 14.8. The van der Waals surface area contributed by atoms with Gasteiger partial charge in [-0.3, -0.25) is 0 Å². The van der Waals surface area contributed by atoms with Gasteiger partial charge in [-0.1, -0.05) is 12.2 Å². The first-order valence-electron chi connectivity index (χ1n) is 5.86. The molecule has 106 valence electrons. The zero-order valence-corrected chi connectivity index (χ0v) is 13.8. The Balaban J connectivity index is 2.18. The second kappa shape index (κ2) is 6.53. The Hall–Kier alpha value is -1.16. The Bertz CT molecular complexity index is 611. The van der Waals surface area contributed by atoms with Gasteiger partial charge in [0.05, 0.1) is 14.2 Å². The molecule has 0 aliphatic heterocycles. The Labute approximate surface area is 129 Å². The Morgan fingerprint density at radius 1 is 0.800 bits per heavy atom. The Morgan fingerprint density at radius 3 is 1.65 bits per heavy atom. The van der Waals surface area contributed by atoms with E-state index in [9.17, 15) is 0 Å². The molecule has 0 heterocycles. The lowest BCUT2D eigenvalue weighted by Gasteiger charge is -2.18. The first-order valence-corrected chi connectivity index (χ1v) is 9.73. The van der Waals surface area contributed by atoms with E-state index in [0.717, 1.165) is 16.8 Å². The molecule has 0 saturated heterocycles. The highest BCUT2D eigenvalue weighted by molar-refractivity contribution is 8.64. The summed E-state index contributed by atoms with van der Waals surface area (Å²) in [6.07, 6.45) is 0. The van der Waals surface area contributed by atoms with Crippen LogP contribution in [-0.4, -0.2) is 14.2 Å². The molecule has 1 unspecified atom stereocenters. The van der Waals surface area contributed by atoms with E-state index in [-0.39, 0.29) is 0 Å². The van der Waals surface area contributed by atoms with E-state index < -0.39 is 5.47 Å². The summed E-state index contributed by atoms with van der Waals surface area (Å²) < 4.78 is 16.1. The molecule has 2 rings (SSSR count). The molecule has 0 aliphatic rings. The first kappa shape index (κ1) is 15.2. The van der Waals surface area contributed by atoms with Gasteiger partial charge in [0.1, 0.15) is 17.2 Å². The molecule has 1 atom stereocenters. The number of benzene rings is 2. The topological polar surface area (TPSA) is 27.7 Å². The van der Waals surface area contributed by atoms with Gasteiger partial charge in [0.25, 0.3) is 0 Å². The predicted octanol–water partition coefficient (Wildman–Crippen LogP) is 3.65. The lowest BCUT2D eigenvalue weighted by atomic mass is 10.3. The van der Waals surface area contributed by atoms with Crippen LogP contribution >= 0.6 is 17.7 Å². The molecule has 0 aliphatic carbocycles. The molecular weight excluding hydrogens is 311 g/mol. The van der Waals surface area contributed by atoms with Crippen molar-refractivity contribution >= 4 is 34.8 Å². The average molecular weight is 326 g/mol. The first-order chi connectivity index (χ1) is 9.55. The minimum absolute atomic E-state index is 0.681. The Morgan fingerprint density at radius 2 is 1.20 bits per heavy atom. The second-order valence-corrected chi connectivity index (χ2v) is 9.77. The van der Waals surface area contributed by atoms with Gasteiger partial charge < -0.3 is 14.0 Å². The molecule has 0 spiro atoms. The van der Waals surface area contributed by atoms with Gasteiger partial charge in [-0.15, -0.1) is 0 Å². The predicted molar refractivity (Wildman–Crippen MR) is 89.5 cm³/mol. The lowest BCUT2D eigenvalue weighted by Crippen LogP contribution is -2.05. The monoisotopic (exact) mass is 326 g/mol. The largest absolute Gasteiger partial charge is 0.497 e. The van der Waals surface area contributed by atoms with Crippen molar-refractivity contribution in [2.45, 2.75) is 0 Å². The molecule has 20 heavy (non-hydrogen) atoms. The van der Waals surface area contributed by atoms with Crippen molar-refractivity contribution in [3.63, 3.8) is 0 Å². The number of rotatable bonds is 5. The van der Waals surface area contributed by atoms with E-state index in [1.807, 2.05) is 48.5 Å². The van der Waals surface area contributed by atoms with Crippen LogP contribution in [-0.2, 0) is 11.8 Å². The van der Waals surface area contributed by atoms with Crippen molar-refractivity contribution in [3.05, 3.63) is 48.5 Å². The molecule has 0 amide bonds. The van der Waals surface area contributed by atoms with E-state index in [1.165, 1.54) is 0 Å². The third-order valence-corrected chi connectivity index (χ3v) is 5.89. The highest BCUT2D eigenvalue weighted by atomic mass is 32.9. The summed E-state index contributed by atoms with van der Waals surface area (Å²) >= 11 is 10.0. The van der Waals surface area contributed by atoms with Gasteiger partial charge in [-0.25, -0.2) is 0 Å². The molecule has 0 saturated carbocycles. The van der Waals surface area contributed by atoms with Gasteiger partial charge >= 0.3 is 0 Å². The van der Waals surface area contributed by atoms with Crippen LogP contribution in [0.15, 0.2) is 48.5 Å². The van der Waals surface area contributed by atoms with Crippen LogP contribution in [0.1, 0.15) is 0 Å². The van der Waals surface area contributed by atoms with Crippen LogP contribution in [0.25, 0.3) is 0 Å². The van der Waals surface area contributed by atoms with Crippen molar-refractivity contribution < 1.29 is 14.0 Å². The summed E-state index contributed by atoms with van der Waals surface area (Å²) in [5, 5.41) is 0.882. The normalized spacial score (nSPS) is 13.3. The van der Waals surface area contributed by atoms with Crippen LogP contribution in [0, 0.1) is 0 Å². The zero-order valence-electron chi connectivity index (χ0n) is 11.1. The van der Waals surface area contributed by atoms with Crippen molar-refractivity contribution in [2.24, 2.45) is 0 Å². The number of ether oxygens (including phenoxy) is 2. The fraction of sp³-hybridized carbons (Fsp3) is 0.143. The summed E-state index contributed by atoms with van der Waals surface area (Å²) in [5.74, 6) is 2.23. The molecule has 2 aromatic carbocycles. The van der Waals surface area contributed by atoms with Crippen LogP contribution < -0.4 is 19.3 Å².